The van der Waals surface area contributed by atoms with Crippen molar-refractivity contribution in [2.75, 3.05) is 0 Å². The Bertz CT molecular complexity index is 91.4. The predicted molar refractivity (Wildman–Crippen MR) is 55.8 cm³/mol. The van der Waals surface area contributed by atoms with E-state index in [2.05, 4.69) is 34.6 Å². The second-order valence-electron chi connectivity index (χ2n) is 5.36. The monoisotopic (exact) mass is 258 g/mol. The van der Waals surface area contributed by atoms with Crippen LogP contribution in [-0.4, -0.2) is 24.4 Å². The summed E-state index contributed by atoms with van der Waals surface area (Å²) in [6.45, 7) is 11.8. The molecule has 0 aliphatic rings. The Morgan fingerprint density at radius 1 is 1.00 bits per heavy atom. The van der Waals surface area contributed by atoms with Crippen molar-refractivity contribution >= 4 is 24.4 Å². The molecule has 0 radical (unpaired) electrons. The molecule has 0 bridgehead atoms. The molecule has 0 aromatic heterocycles. The summed E-state index contributed by atoms with van der Waals surface area (Å²) < 4.78 is 0.754. The molecular formula is C10H23In. The summed E-state index contributed by atoms with van der Waals surface area (Å²) in [5, 5.41) is 0. The minimum absolute atomic E-state index is 0.754. The van der Waals surface area contributed by atoms with Crippen molar-refractivity contribution in [3.63, 3.8) is 0 Å². The van der Waals surface area contributed by atoms with Crippen LogP contribution in [-0.2, 0) is 0 Å². The molecule has 0 saturated carbocycles. The quantitative estimate of drug-likeness (QED) is 0.727. The number of hydrogen-bond acceptors (Lipinski definition) is 0. The van der Waals surface area contributed by atoms with E-state index in [9.17, 15) is 0 Å². The second-order valence-corrected chi connectivity index (χ2v) is 12.3. The van der Waals surface area contributed by atoms with Crippen molar-refractivity contribution in [3.05, 3.63) is 0 Å². The molecule has 0 atom stereocenters. The molecule has 0 aromatic carbocycles. The van der Waals surface area contributed by atoms with E-state index in [1.165, 1.54) is 12.8 Å². The van der Waals surface area contributed by atoms with Gasteiger partial charge in [0.05, 0.1) is 0 Å². The molecule has 1 heteroatoms. The molecule has 0 saturated heterocycles. The molecule has 0 heterocycles. The number of rotatable bonds is 4. The molecular weight excluding hydrogens is 235 g/mol. The molecule has 0 N–H and O–H groups in total. The Morgan fingerprint density at radius 2 is 1.27 bits per heavy atom. The van der Waals surface area contributed by atoms with Gasteiger partial charge in [-0.2, -0.15) is 0 Å². The van der Waals surface area contributed by atoms with E-state index in [1.54, 1.807) is 0 Å². The van der Waals surface area contributed by atoms with Gasteiger partial charge in [0.25, 0.3) is 0 Å². The van der Waals surface area contributed by atoms with Gasteiger partial charge in [-0.15, -0.1) is 0 Å². The van der Waals surface area contributed by atoms with E-state index >= 15 is 0 Å². The standard InChI is InChI=1S/C10H21.In.2H/c1-8(2)6-10(5)7-9(3)4;;;/h8-9H,6-7H2,1-5H3;;;. The third kappa shape index (κ3) is 7.24. The van der Waals surface area contributed by atoms with Gasteiger partial charge in [0, 0.05) is 0 Å². The Morgan fingerprint density at radius 3 is 1.45 bits per heavy atom. The van der Waals surface area contributed by atoms with Crippen molar-refractivity contribution in [2.24, 2.45) is 11.8 Å². The normalized spacial score (nSPS) is 13.0. The summed E-state index contributed by atoms with van der Waals surface area (Å²) in [6, 6.07) is 0. The fourth-order valence-corrected chi connectivity index (χ4v) is 6.95. The summed E-state index contributed by atoms with van der Waals surface area (Å²) in [5.74, 6) is 1.78. The third-order valence-corrected chi connectivity index (χ3v) is 4.25. The van der Waals surface area contributed by atoms with Gasteiger partial charge < -0.3 is 0 Å². The van der Waals surface area contributed by atoms with Crippen molar-refractivity contribution in [3.8, 4) is 0 Å². The van der Waals surface area contributed by atoms with Crippen molar-refractivity contribution in [2.45, 2.75) is 50.6 Å². The average molecular weight is 258 g/mol. The zero-order valence-electron chi connectivity index (χ0n) is 9.07. The van der Waals surface area contributed by atoms with Crippen LogP contribution in [0.15, 0.2) is 0 Å². The molecule has 0 rings (SSSR count). The predicted octanol–water partition coefficient (Wildman–Crippen LogP) is 2.89. The summed E-state index contributed by atoms with van der Waals surface area (Å²) in [6.07, 6.45) is 2.89. The maximum atomic E-state index is 2.48. The first-order chi connectivity index (χ1) is 4.83. The van der Waals surface area contributed by atoms with E-state index in [-0.39, 0.29) is 0 Å². The maximum absolute atomic E-state index is 2.48. The molecule has 66 valence electrons. The molecule has 11 heavy (non-hydrogen) atoms. The molecule has 0 fully saturated rings. The zero-order chi connectivity index (χ0) is 9.07. The van der Waals surface area contributed by atoms with Gasteiger partial charge in [0.1, 0.15) is 0 Å². The fraction of sp³-hybridized carbons (Fsp3) is 1.00. The summed E-state index contributed by atoms with van der Waals surface area (Å²) in [7, 11) is 0. The van der Waals surface area contributed by atoms with Crippen molar-refractivity contribution in [1.82, 2.24) is 0 Å². The van der Waals surface area contributed by atoms with Crippen molar-refractivity contribution in [1.29, 1.82) is 0 Å². The Hall–Kier alpha value is 0.870. The van der Waals surface area contributed by atoms with Crippen LogP contribution in [0.25, 0.3) is 0 Å². The van der Waals surface area contributed by atoms with Crippen LogP contribution < -0.4 is 0 Å². The van der Waals surface area contributed by atoms with E-state index < -0.39 is 0 Å². The molecule has 0 unspecified atom stereocenters. The SMILES string of the molecule is CC(C)C[C](C)([InH2])CC(C)C. The number of hydrogen-bond donors (Lipinski definition) is 0. The topological polar surface area (TPSA) is 0 Å². The van der Waals surface area contributed by atoms with Crippen LogP contribution >= 0.6 is 0 Å². The van der Waals surface area contributed by atoms with E-state index in [0.717, 1.165) is 39.4 Å². The van der Waals surface area contributed by atoms with E-state index in [0.29, 0.717) is 0 Å². The summed E-state index contributed by atoms with van der Waals surface area (Å²) >= 11 is 0.813. The summed E-state index contributed by atoms with van der Waals surface area (Å²) in [4.78, 5) is 0. The van der Waals surface area contributed by atoms with Gasteiger partial charge >= 0.3 is 86.8 Å². The van der Waals surface area contributed by atoms with E-state index in [1.807, 2.05) is 0 Å². The van der Waals surface area contributed by atoms with Crippen LogP contribution in [0.1, 0.15) is 47.5 Å². The van der Waals surface area contributed by atoms with Crippen LogP contribution in [0.5, 0.6) is 0 Å². The van der Waals surface area contributed by atoms with Crippen LogP contribution in [0.2, 0.25) is 3.17 Å². The molecule has 0 nitrogen and oxygen atoms in total. The zero-order valence-corrected chi connectivity index (χ0v) is 14.8. The molecule has 0 aromatic rings. The Labute approximate surface area is 86.7 Å². The fourth-order valence-electron chi connectivity index (χ4n) is 2.29. The molecule has 0 amide bonds. The molecule has 0 aliphatic heterocycles. The van der Waals surface area contributed by atoms with Gasteiger partial charge in [-0.05, 0) is 0 Å². The van der Waals surface area contributed by atoms with E-state index in [4.69, 9.17) is 0 Å². The molecule has 0 spiro atoms. The second kappa shape index (κ2) is 4.79. The Balaban J connectivity index is 3.79. The van der Waals surface area contributed by atoms with Gasteiger partial charge in [-0.1, -0.05) is 0 Å². The third-order valence-electron chi connectivity index (χ3n) is 1.92. The van der Waals surface area contributed by atoms with Gasteiger partial charge in [0.15, 0.2) is 0 Å². The van der Waals surface area contributed by atoms with Crippen LogP contribution in [0.3, 0.4) is 0 Å². The Kier molecular flexibility index (Phi) is 5.17. The molecule has 0 aliphatic carbocycles. The first-order valence-corrected chi connectivity index (χ1v) is 7.69. The van der Waals surface area contributed by atoms with Crippen LogP contribution in [0, 0.1) is 11.8 Å². The minimum atomic E-state index is 0.754. The van der Waals surface area contributed by atoms with Crippen LogP contribution in [0.4, 0.5) is 0 Å². The average Bonchev–Trinajstić information content (AvgIpc) is 1.53. The van der Waals surface area contributed by atoms with Gasteiger partial charge in [-0.25, -0.2) is 0 Å². The first kappa shape index (κ1) is 11.9. The first-order valence-electron chi connectivity index (χ1n) is 4.83. The van der Waals surface area contributed by atoms with Gasteiger partial charge in [0.2, 0.25) is 0 Å². The summed E-state index contributed by atoms with van der Waals surface area (Å²) in [5.41, 5.74) is 0. The van der Waals surface area contributed by atoms with Crippen molar-refractivity contribution < 1.29 is 0 Å². The van der Waals surface area contributed by atoms with Gasteiger partial charge in [-0.3, -0.25) is 0 Å².